The van der Waals surface area contributed by atoms with Gasteiger partial charge in [-0.3, -0.25) is 0 Å². The molecule has 0 aliphatic carbocycles. The number of benzene rings is 1. The maximum Gasteiger partial charge on any atom is 0.0988 e. The number of nitrogens with zero attached hydrogens (tertiary/aromatic N) is 2. The number of hydrogen-bond donors (Lipinski definition) is 0. The van der Waals surface area contributed by atoms with Crippen LogP contribution in [-0.2, 0) is 6.42 Å². The van der Waals surface area contributed by atoms with Crippen molar-refractivity contribution in [2.24, 2.45) is 0 Å². The largest absolute Gasteiger partial charge is 0.311 e. The van der Waals surface area contributed by atoms with Gasteiger partial charge >= 0.3 is 0 Å². The van der Waals surface area contributed by atoms with Gasteiger partial charge in [-0.15, -0.1) is 0 Å². The number of aromatic nitrogens is 2. The van der Waals surface area contributed by atoms with Crippen LogP contribution in [0.2, 0.25) is 0 Å². The summed E-state index contributed by atoms with van der Waals surface area (Å²) in [7, 11) is 0. The first-order chi connectivity index (χ1) is 7.36. The van der Waals surface area contributed by atoms with Crippen LogP contribution in [-0.4, -0.2) is 9.55 Å². The molecular formula is C13H14N2. The molecule has 2 nitrogen and oxygen atoms in total. The molecule has 0 aliphatic rings. The van der Waals surface area contributed by atoms with Crippen molar-refractivity contribution in [3.63, 3.8) is 0 Å². The number of rotatable bonds is 3. The van der Waals surface area contributed by atoms with E-state index in [0.29, 0.717) is 0 Å². The lowest BCUT2D eigenvalue weighted by Crippen LogP contribution is -1.90. The molecule has 0 bridgehead atoms. The maximum absolute atomic E-state index is 4.02. The molecule has 2 aromatic rings. The zero-order chi connectivity index (χ0) is 10.5. The second-order valence-corrected chi connectivity index (χ2v) is 3.51. The highest BCUT2D eigenvalue weighted by Gasteiger charge is 1.92. The van der Waals surface area contributed by atoms with Crippen molar-refractivity contribution in [3.8, 4) is 0 Å². The molecule has 1 aromatic heterocycles. The van der Waals surface area contributed by atoms with Crippen molar-refractivity contribution in [1.29, 1.82) is 0 Å². The summed E-state index contributed by atoms with van der Waals surface area (Å²) in [5.41, 5.74) is 2.54. The normalized spacial score (nSPS) is 11.7. The van der Waals surface area contributed by atoms with Crippen molar-refractivity contribution >= 4 is 5.70 Å². The molecule has 76 valence electrons. The van der Waals surface area contributed by atoms with E-state index in [2.05, 4.69) is 42.2 Å². The van der Waals surface area contributed by atoms with E-state index in [1.54, 1.807) is 6.20 Å². The number of allylic oxidation sites excluding steroid dienone is 2. The lowest BCUT2D eigenvalue weighted by atomic mass is 10.1. The molecule has 1 heterocycles. The van der Waals surface area contributed by atoms with Crippen molar-refractivity contribution < 1.29 is 0 Å². The smallest absolute Gasteiger partial charge is 0.0988 e. The van der Waals surface area contributed by atoms with Gasteiger partial charge in [0, 0.05) is 18.1 Å². The van der Waals surface area contributed by atoms with Gasteiger partial charge in [0.1, 0.15) is 0 Å². The molecule has 0 N–H and O–H groups in total. The van der Waals surface area contributed by atoms with Gasteiger partial charge in [0.25, 0.3) is 0 Å². The number of imidazole rings is 1. The Morgan fingerprint density at radius 3 is 2.80 bits per heavy atom. The SMILES string of the molecule is C/C(=C\Cc1ccccc1)n1ccnc1. The lowest BCUT2D eigenvalue weighted by Gasteiger charge is -2.01. The molecule has 2 heteroatoms. The van der Waals surface area contributed by atoms with E-state index in [4.69, 9.17) is 0 Å². The molecule has 0 radical (unpaired) electrons. The molecule has 0 fully saturated rings. The van der Waals surface area contributed by atoms with Gasteiger partial charge < -0.3 is 4.57 Å². The zero-order valence-corrected chi connectivity index (χ0v) is 8.80. The summed E-state index contributed by atoms with van der Waals surface area (Å²) >= 11 is 0. The fourth-order valence-electron chi connectivity index (χ4n) is 1.45. The Balaban J connectivity index is 2.06. The molecule has 2 rings (SSSR count). The van der Waals surface area contributed by atoms with E-state index in [1.165, 1.54) is 11.3 Å². The second-order valence-electron chi connectivity index (χ2n) is 3.51. The first kappa shape index (κ1) is 9.71. The fraction of sp³-hybridized carbons (Fsp3) is 0.154. The van der Waals surface area contributed by atoms with E-state index < -0.39 is 0 Å². The van der Waals surface area contributed by atoms with Crippen LogP contribution >= 0.6 is 0 Å². The highest BCUT2D eigenvalue weighted by atomic mass is 15.0. The molecule has 0 saturated heterocycles. The molecule has 0 atom stereocenters. The predicted octanol–water partition coefficient (Wildman–Crippen LogP) is 2.99. The molecular weight excluding hydrogens is 184 g/mol. The first-order valence-corrected chi connectivity index (χ1v) is 5.05. The Labute approximate surface area is 89.9 Å². The highest BCUT2D eigenvalue weighted by molar-refractivity contribution is 5.42. The van der Waals surface area contributed by atoms with Crippen LogP contribution in [0.15, 0.2) is 55.1 Å². The Morgan fingerprint density at radius 2 is 2.13 bits per heavy atom. The summed E-state index contributed by atoms with van der Waals surface area (Å²) in [6.45, 7) is 2.09. The number of hydrogen-bond acceptors (Lipinski definition) is 1. The summed E-state index contributed by atoms with van der Waals surface area (Å²) in [6.07, 6.45) is 8.73. The summed E-state index contributed by atoms with van der Waals surface area (Å²) in [4.78, 5) is 4.02. The minimum atomic E-state index is 0.963. The standard InChI is InChI=1S/C13H14N2/c1-12(15-10-9-14-11-15)7-8-13-5-3-2-4-6-13/h2-7,9-11H,8H2,1H3/b12-7+. The lowest BCUT2D eigenvalue weighted by molar-refractivity contribution is 1.06. The van der Waals surface area contributed by atoms with Gasteiger partial charge in [0.15, 0.2) is 0 Å². The summed E-state index contributed by atoms with van der Waals surface area (Å²) in [5.74, 6) is 0. The van der Waals surface area contributed by atoms with Gasteiger partial charge in [-0.25, -0.2) is 4.98 Å². The zero-order valence-electron chi connectivity index (χ0n) is 8.80. The van der Waals surface area contributed by atoms with Crippen LogP contribution in [0.5, 0.6) is 0 Å². The van der Waals surface area contributed by atoms with Crippen molar-refractivity contribution in [1.82, 2.24) is 9.55 Å². The molecule has 1 aromatic carbocycles. The van der Waals surface area contributed by atoms with Gasteiger partial charge in [-0.2, -0.15) is 0 Å². The fourth-order valence-corrected chi connectivity index (χ4v) is 1.45. The van der Waals surface area contributed by atoms with Crippen LogP contribution < -0.4 is 0 Å². The van der Waals surface area contributed by atoms with Crippen molar-refractivity contribution in [3.05, 3.63) is 60.7 Å². The topological polar surface area (TPSA) is 17.8 Å². The quantitative estimate of drug-likeness (QED) is 0.741. The Hall–Kier alpha value is -1.83. The predicted molar refractivity (Wildman–Crippen MR) is 62.3 cm³/mol. The summed E-state index contributed by atoms with van der Waals surface area (Å²) in [5, 5.41) is 0. The van der Waals surface area contributed by atoms with Gasteiger partial charge in [0.05, 0.1) is 6.33 Å². The minimum absolute atomic E-state index is 0.963. The minimum Gasteiger partial charge on any atom is -0.311 e. The second kappa shape index (κ2) is 4.60. The molecule has 0 saturated carbocycles. The third kappa shape index (κ3) is 2.56. The van der Waals surface area contributed by atoms with Crippen LogP contribution in [0, 0.1) is 0 Å². The average molecular weight is 198 g/mol. The van der Waals surface area contributed by atoms with E-state index in [1.807, 2.05) is 23.2 Å². The molecule has 0 amide bonds. The average Bonchev–Trinajstić information content (AvgIpc) is 2.81. The van der Waals surface area contributed by atoms with E-state index in [-0.39, 0.29) is 0 Å². The Bertz CT molecular complexity index is 427. The molecule has 15 heavy (non-hydrogen) atoms. The molecule has 0 aliphatic heterocycles. The van der Waals surface area contributed by atoms with Crippen LogP contribution in [0.1, 0.15) is 12.5 Å². The van der Waals surface area contributed by atoms with E-state index in [9.17, 15) is 0 Å². The molecule has 0 unspecified atom stereocenters. The van der Waals surface area contributed by atoms with E-state index in [0.717, 1.165) is 6.42 Å². The van der Waals surface area contributed by atoms with Crippen molar-refractivity contribution in [2.75, 3.05) is 0 Å². The van der Waals surface area contributed by atoms with Gasteiger partial charge in [-0.05, 0) is 18.9 Å². The third-order valence-electron chi connectivity index (χ3n) is 2.39. The summed E-state index contributed by atoms with van der Waals surface area (Å²) < 4.78 is 2.02. The highest BCUT2D eigenvalue weighted by Crippen LogP contribution is 2.06. The summed E-state index contributed by atoms with van der Waals surface area (Å²) in [6, 6.07) is 10.4. The van der Waals surface area contributed by atoms with E-state index >= 15 is 0 Å². The monoisotopic (exact) mass is 198 g/mol. The first-order valence-electron chi connectivity index (χ1n) is 5.05. The van der Waals surface area contributed by atoms with Crippen LogP contribution in [0.25, 0.3) is 5.70 Å². The van der Waals surface area contributed by atoms with Gasteiger partial charge in [-0.1, -0.05) is 36.4 Å². The van der Waals surface area contributed by atoms with Crippen molar-refractivity contribution in [2.45, 2.75) is 13.3 Å². The Kier molecular flexibility index (Phi) is 2.98. The maximum atomic E-state index is 4.02. The van der Waals surface area contributed by atoms with Crippen LogP contribution in [0.3, 0.4) is 0 Å². The molecule has 0 spiro atoms. The Morgan fingerprint density at radius 1 is 1.33 bits per heavy atom. The van der Waals surface area contributed by atoms with Gasteiger partial charge in [0.2, 0.25) is 0 Å². The third-order valence-corrected chi connectivity index (χ3v) is 2.39. The van der Waals surface area contributed by atoms with Crippen LogP contribution in [0.4, 0.5) is 0 Å².